The molecule has 1 atom stereocenters. The van der Waals surface area contributed by atoms with Crippen LogP contribution in [-0.2, 0) is 9.59 Å². The van der Waals surface area contributed by atoms with Gasteiger partial charge in [-0.05, 0) is 18.4 Å². The Morgan fingerprint density at radius 3 is 2.41 bits per heavy atom. The van der Waals surface area contributed by atoms with E-state index in [1.165, 1.54) is 0 Å². The lowest BCUT2D eigenvalue weighted by molar-refractivity contribution is -0.132. The van der Waals surface area contributed by atoms with E-state index in [1.54, 1.807) is 6.92 Å². The van der Waals surface area contributed by atoms with Gasteiger partial charge >= 0.3 is 0 Å². The summed E-state index contributed by atoms with van der Waals surface area (Å²) in [6, 6.07) is 9.76. The molecular weight excluding hydrogens is 278 g/mol. The van der Waals surface area contributed by atoms with Crippen molar-refractivity contribution in [2.45, 2.75) is 32.2 Å². The normalized spacial score (nSPS) is 17.0. The Morgan fingerprint density at radius 1 is 1.09 bits per heavy atom. The molecule has 22 heavy (non-hydrogen) atoms. The van der Waals surface area contributed by atoms with Crippen molar-refractivity contribution in [3.8, 4) is 0 Å². The third-order valence-corrected chi connectivity index (χ3v) is 4.19. The van der Waals surface area contributed by atoms with E-state index in [9.17, 15) is 9.59 Å². The molecule has 0 saturated carbocycles. The van der Waals surface area contributed by atoms with Crippen molar-refractivity contribution in [3.63, 3.8) is 0 Å². The van der Waals surface area contributed by atoms with Gasteiger partial charge in [-0.15, -0.1) is 0 Å². The fourth-order valence-electron chi connectivity index (χ4n) is 2.79. The van der Waals surface area contributed by atoms with E-state index in [-0.39, 0.29) is 17.9 Å². The third kappa shape index (κ3) is 4.56. The molecule has 0 aromatic heterocycles. The summed E-state index contributed by atoms with van der Waals surface area (Å²) in [5.74, 6) is 0.220. The molecule has 1 heterocycles. The van der Waals surface area contributed by atoms with Gasteiger partial charge in [0.25, 0.3) is 0 Å². The lowest BCUT2D eigenvalue weighted by atomic mass is 10.0. The Labute approximate surface area is 132 Å². The largest absolute Gasteiger partial charge is 0.341 e. The van der Waals surface area contributed by atoms with Crippen LogP contribution in [0.25, 0.3) is 0 Å². The van der Waals surface area contributed by atoms with Crippen molar-refractivity contribution in [1.29, 1.82) is 0 Å². The highest BCUT2D eigenvalue weighted by Crippen LogP contribution is 2.16. The van der Waals surface area contributed by atoms with Crippen molar-refractivity contribution >= 4 is 11.8 Å². The highest BCUT2D eigenvalue weighted by molar-refractivity contribution is 5.77. The van der Waals surface area contributed by atoms with Crippen LogP contribution in [0.1, 0.15) is 37.8 Å². The fraction of sp³-hybridized carbons (Fsp3) is 0.529. The number of rotatable bonds is 4. The Balaban J connectivity index is 1.81. The molecule has 0 spiro atoms. The van der Waals surface area contributed by atoms with Gasteiger partial charge in [-0.3, -0.25) is 9.59 Å². The molecule has 5 heteroatoms. The number of carbonyl (C=O) groups excluding carboxylic acids is 2. The molecule has 120 valence electrons. The van der Waals surface area contributed by atoms with E-state index in [4.69, 9.17) is 5.73 Å². The Hall–Kier alpha value is -1.88. The number of benzene rings is 1. The standard InChI is InChI=1S/C17H25N3O2/c1-14(21)19-10-5-11-20(13-12-19)17(22)9-8-16(18)15-6-3-2-4-7-15/h2-4,6-7,16H,5,8-13,18H2,1H3/t16-/m0/s1. The van der Waals surface area contributed by atoms with Gasteiger partial charge in [0.05, 0.1) is 0 Å². The molecule has 2 amide bonds. The van der Waals surface area contributed by atoms with Crippen LogP contribution >= 0.6 is 0 Å². The van der Waals surface area contributed by atoms with Crippen LogP contribution in [0.15, 0.2) is 30.3 Å². The number of nitrogens with zero attached hydrogens (tertiary/aromatic N) is 2. The maximum absolute atomic E-state index is 12.3. The van der Waals surface area contributed by atoms with Crippen molar-refractivity contribution < 1.29 is 9.59 Å². The van der Waals surface area contributed by atoms with Gasteiger partial charge in [0, 0.05) is 45.6 Å². The first-order chi connectivity index (χ1) is 10.6. The minimum atomic E-state index is -0.106. The second-order valence-corrected chi connectivity index (χ2v) is 5.80. The van der Waals surface area contributed by atoms with E-state index in [1.807, 2.05) is 40.1 Å². The molecule has 0 aliphatic carbocycles. The predicted molar refractivity (Wildman–Crippen MR) is 86.1 cm³/mol. The third-order valence-electron chi connectivity index (χ3n) is 4.19. The van der Waals surface area contributed by atoms with Gasteiger partial charge < -0.3 is 15.5 Å². The molecule has 2 rings (SSSR count). The Kier molecular flexibility index (Phi) is 5.95. The number of amides is 2. The summed E-state index contributed by atoms with van der Waals surface area (Å²) in [6.45, 7) is 4.30. The van der Waals surface area contributed by atoms with Crippen LogP contribution in [0.4, 0.5) is 0 Å². The highest BCUT2D eigenvalue weighted by Gasteiger charge is 2.20. The summed E-state index contributed by atoms with van der Waals surface area (Å²) < 4.78 is 0. The van der Waals surface area contributed by atoms with E-state index >= 15 is 0 Å². The zero-order valence-corrected chi connectivity index (χ0v) is 13.2. The molecule has 0 bridgehead atoms. The first kappa shape index (κ1) is 16.5. The zero-order chi connectivity index (χ0) is 15.9. The average Bonchev–Trinajstić information content (AvgIpc) is 2.79. The van der Waals surface area contributed by atoms with Crippen LogP contribution in [0.2, 0.25) is 0 Å². The first-order valence-corrected chi connectivity index (χ1v) is 7.91. The molecule has 1 aliphatic rings. The van der Waals surface area contributed by atoms with Gasteiger partial charge in [-0.1, -0.05) is 30.3 Å². The number of carbonyl (C=O) groups is 2. The maximum atomic E-state index is 12.3. The van der Waals surface area contributed by atoms with E-state index in [2.05, 4.69) is 0 Å². The lowest BCUT2D eigenvalue weighted by Crippen LogP contribution is -2.36. The van der Waals surface area contributed by atoms with Gasteiger partial charge in [-0.2, -0.15) is 0 Å². The number of hydrogen-bond acceptors (Lipinski definition) is 3. The molecular formula is C17H25N3O2. The van der Waals surface area contributed by atoms with E-state index in [0.29, 0.717) is 25.9 Å². The van der Waals surface area contributed by atoms with Crippen LogP contribution in [0, 0.1) is 0 Å². The van der Waals surface area contributed by atoms with Crippen molar-refractivity contribution in [3.05, 3.63) is 35.9 Å². The maximum Gasteiger partial charge on any atom is 0.222 e. The molecule has 2 N–H and O–H groups in total. The molecule has 1 aromatic carbocycles. The van der Waals surface area contributed by atoms with Gasteiger partial charge in [0.2, 0.25) is 11.8 Å². The minimum Gasteiger partial charge on any atom is -0.341 e. The summed E-state index contributed by atoms with van der Waals surface area (Å²) in [4.78, 5) is 27.4. The summed E-state index contributed by atoms with van der Waals surface area (Å²) in [6.07, 6.45) is 1.95. The summed E-state index contributed by atoms with van der Waals surface area (Å²) in [5.41, 5.74) is 7.21. The van der Waals surface area contributed by atoms with Crippen LogP contribution in [-0.4, -0.2) is 47.8 Å². The van der Waals surface area contributed by atoms with E-state index < -0.39 is 0 Å². The van der Waals surface area contributed by atoms with Crippen LogP contribution in [0.5, 0.6) is 0 Å². The topological polar surface area (TPSA) is 66.6 Å². The monoisotopic (exact) mass is 303 g/mol. The lowest BCUT2D eigenvalue weighted by Gasteiger charge is -2.22. The van der Waals surface area contributed by atoms with Crippen molar-refractivity contribution in [2.75, 3.05) is 26.2 Å². The molecule has 1 saturated heterocycles. The highest BCUT2D eigenvalue weighted by atomic mass is 16.2. The zero-order valence-electron chi connectivity index (χ0n) is 13.2. The van der Waals surface area contributed by atoms with Gasteiger partial charge in [-0.25, -0.2) is 0 Å². The smallest absolute Gasteiger partial charge is 0.222 e. The molecule has 1 aromatic rings. The molecule has 1 aliphatic heterocycles. The second-order valence-electron chi connectivity index (χ2n) is 5.80. The minimum absolute atomic E-state index is 0.0837. The Morgan fingerprint density at radius 2 is 1.73 bits per heavy atom. The number of nitrogens with two attached hydrogens (primary N) is 1. The molecule has 0 radical (unpaired) electrons. The number of hydrogen-bond donors (Lipinski definition) is 1. The van der Waals surface area contributed by atoms with Crippen molar-refractivity contribution in [2.24, 2.45) is 5.73 Å². The Bertz CT molecular complexity index is 504. The SMILES string of the molecule is CC(=O)N1CCCN(C(=O)CC[C@H](N)c2ccccc2)CC1. The molecule has 1 fully saturated rings. The van der Waals surface area contributed by atoms with Crippen LogP contribution < -0.4 is 5.73 Å². The molecule has 5 nitrogen and oxygen atoms in total. The molecule has 0 unspecified atom stereocenters. The van der Waals surface area contributed by atoms with E-state index in [0.717, 1.165) is 25.1 Å². The van der Waals surface area contributed by atoms with Gasteiger partial charge in [0.15, 0.2) is 0 Å². The summed E-state index contributed by atoms with van der Waals surface area (Å²) in [5, 5.41) is 0. The van der Waals surface area contributed by atoms with Crippen molar-refractivity contribution in [1.82, 2.24) is 9.80 Å². The quantitative estimate of drug-likeness (QED) is 0.917. The average molecular weight is 303 g/mol. The summed E-state index contributed by atoms with van der Waals surface area (Å²) >= 11 is 0. The fourth-order valence-corrected chi connectivity index (χ4v) is 2.79. The summed E-state index contributed by atoms with van der Waals surface area (Å²) in [7, 11) is 0. The predicted octanol–water partition coefficient (Wildman–Crippen LogP) is 1.55. The first-order valence-electron chi connectivity index (χ1n) is 7.91. The van der Waals surface area contributed by atoms with Crippen LogP contribution in [0.3, 0.4) is 0 Å². The second kappa shape index (κ2) is 7.94. The van der Waals surface area contributed by atoms with Gasteiger partial charge in [0.1, 0.15) is 0 Å².